The van der Waals surface area contributed by atoms with Gasteiger partial charge in [0.1, 0.15) is 5.60 Å². The van der Waals surface area contributed by atoms with Crippen molar-refractivity contribution in [2.24, 2.45) is 0 Å². The average Bonchev–Trinajstić information content (AvgIpc) is 2.97. The number of nitrogens with zero attached hydrogens (tertiary/aromatic N) is 1. The zero-order valence-corrected chi connectivity index (χ0v) is 12.9. The zero-order chi connectivity index (χ0) is 15.6. The van der Waals surface area contributed by atoms with Gasteiger partial charge in [-0.3, -0.25) is 10.1 Å². The molecule has 1 aliphatic carbocycles. The third kappa shape index (κ3) is 3.04. The van der Waals surface area contributed by atoms with Crippen LogP contribution in [0.1, 0.15) is 29.5 Å². The second-order valence-electron chi connectivity index (χ2n) is 5.70. The van der Waals surface area contributed by atoms with Crippen LogP contribution in [0.3, 0.4) is 0 Å². The van der Waals surface area contributed by atoms with Gasteiger partial charge in [0.2, 0.25) is 0 Å². The minimum absolute atomic E-state index is 0.151. The van der Waals surface area contributed by atoms with Gasteiger partial charge in [-0.1, -0.05) is 35.6 Å². The molecule has 2 N–H and O–H groups in total. The van der Waals surface area contributed by atoms with E-state index in [0.717, 1.165) is 41.7 Å². The van der Waals surface area contributed by atoms with E-state index in [2.05, 4.69) is 11.4 Å². The van der Waals surface area contributed by atoms with Crippen LogP contribution in [-0.4, -0.2) is 16.6 Å². The molecule has 0 radical (unpaired) electrons. The lowest BCUT2D eigenvalue weighted by molar-refractivity contribution is -0.380. The van der Waals surface area contributed by atoms with E-state index in [1.807, 2.05) is 18.2 Å². The number of fused-ring (bicyclic) bond motifs is 1. The second kappa shape index (κ2) is 6.16. The molecule has 1 unspecified atom stereocenters. The number of thiophene rings is 1. The van der Waals surface area contributed by atoms with Crippen molar-refractivity contribution >= 4 is 16.3 Å². The van der Waals surface area contributed by atoms with Crippen molar-refractivity contribution in [2.45, 2.75) is 31.4 Å². The number of nitrogens with one attached hydrogen (secondary N) is 1. The van der Waals surface area contributed by atoms with Crippen LogP contribution in [0, 0.1) is 10.1 Å². The van der Waals surface area contributed by atoms with Gasteiger partial charge in [-0.25, -0.2) is 0 Å². The lowest BCUT2D eigenvalue weighted by Crippen LogP contribution is -2.40. The Kier molecular flexibility index (Phi) is 4.24. The van der Waals surface area contributed by atoms with Crippen molar-refractivity contribution in [3.63, 3.8) is 0 Å². The summed E-state index contributed by atoms with van der Waals surface area (Å²) in [6.07, 6.45) is 2.72. The smallest absolute Gasteiger partial charge is 0.324 e. The van der Waals surface area contributed by atoms with E-state index in [4.69, 9.17) is 0 Å². The Hall–Kier alpha value is -1.76. The summed E-state index contributed by atoms with van der Waals surface area (Å²) in [4.78, 5) is 10.3. The molecule has 0 bridgehead atoms. The molecule has 5 nitrogen and oxygen atoms in total. The van der Waals surface area contributed by atoms with Gasteiger partial charge < -0.3 is 10.4 Å². The van der Waals surface area contributed by atoms with Crippen LogP contribution in [0.15, 0.2) is 35.7 Å². The highest BCUT2D eigenvalue weighted by Gasteiger charge is 2.33. The summed E-state index contributed by atoms with van der Waals surface area (Å²) >= 11 is 1.13. The molecule has 1 aromatic heterocycles. The standard InChI is InChI=1S/C16H18N2O3S/c19-16(7-3-5-13-4-1-2-6-14(13)16)11-17-9-12-8-15(18(20)21)22-10-12/h1-2,4,6,8,10,17,19H,3,5,7,9,11H2. The van der Waals surface area contributed by atoms with E-state index < -0.39 is 5.60 Å². The summed E-state index contributed by atoms with van der Waals surface area (Å²) in [7, 11) is 0. The van der Waals surface area contributed by atoms with E-state index in [1.165, 1.54) is 5.56 Å². The van der Waals surface area contributed by atoms with Gasteiger partial charge in [0.15, 0.2) is 0 Å². The minimum Gasteiger partial charge on any atom is -0.384 e. The van der Waals surface area contributed by atoms with Crippen molar-refractivity contribution in [2.75, 3.05) is 6.54 Å². The lowest BCUT2D eigenvalue weighted by atomic mass is 9.79. The molecule has 1 aromatic carbocycles. The normalized spacial score (nSPS) is 20.6. The fourth-order valence-corrected chi connectivity index (χ4v) is 3.78. The Morgan fingerprint density at radius 1 is 1.41 bits per heavy atom. The molecule has 1 atom stereocenters. The first kappa shape index (κ1) is 15.1. The first-order chi connectivity index (χ1) is 10.6. The van der Waals surface area contributed by atoms with Crippen molar-refractivity contribution in [1.82, 2.24) is 5.32 Å². The first-order valence-corrected chi connectivity index (χ1v) is 8.20. The fourth-order valence-electron chi connectivity index (χ4n) is 3.05. The number of rotatable bonds is 5. The van der Waals surface area contributed by atoms with Crippen LogP contribution >= 0.6 is 11.3 Å². The Labute approximate surface area is 132 Å². The summed E-state index contributed by atoms with van der Waals surface area (Å²) in [6.45, 7) is 0.975. The van der Waals surface area contributed by atoms with E-state index in [0.29, 0.717) is 13.1 Å². The van der Waals surface area contributed by atoms with Gasteiger partial charge in [-0.15, -0.1) is 0 Å². The molecule has 6 heteroatoms. The third-order valence-corrected chi connectivity index (χ3v) is 5.05. The predicted octanol–water partition coefficient (Wildman–Crippen LogP) is 2.97. The highest BCUT2D eigenvalue weighted by molar-refractivity contribution is 7.13. The molecule has 0 spiro atoms. The topological polar surface area (TPSA) is 75.4 Å². The van der Waals surface area contributed by atoms with Crippen LogP contribution in [0.5, 0.6) is 0 Å². The van der Waals surface area contributed by atoms with Crippen LogP contribution < -0.4 is 5.32 Å². The number of aryl methyl sites for hydroxylation is 1. The Morgan fingerprint density at radius 3 is 3.00 bits per heavy atom. The number of hydrogen-bond acceptors (Lipinski definition) is 5. The maximum absolute atomic E-state index is 10.9. The SMILES string of the molecule is O=[N+]([O-])c1cc(CNCC2(O)CCCc3ccccc32)cs1. The Balaban J connectivity index is 1.65. The number of aliphatic hydroxyl groups is 1. The molecular formula is C16H18N2O3S. The average molecular weight is 318 g/mol. The van der Waals surface area contributed by atoms with Crippen molar-refractivity contribution in [1.29, 1.82) is 0 Å². The Bertz CT molecular complexity index is 686. The Morgan fingerprint density at radius 2 is 2.23 bits per heavy atom. The molecule has 0 fully saturated rings. The minimum atomic E-state index is -0.850. The summed E-state index contributed by atoms with van der Waals surface area (Å²) in [6, 6.07) is 9.60. The molecule has 2 aromatic rings. The fraction of sp³-hybridized carbons (Fsp3) is 0.375. The second-order valence-corrected chi connectivity index (χ2v) is 6.59. The molecular weight excluding hydrogens is 300 g/mol. The van der Waals surface area contributed by atoms with Crippen LogP contribution in [0.4, 0.5) is 5.00 Å². The largest absolute Gasteiger partial charge is 0.384 e. The lowest BCUT2D eigenvalue weighted by Gasteiger charge is -2.34. The van der Waals surface area contributed by atoms with Gasteiger partial charge in [0, 0.05) is 24.5 Å². The first-order valence-electron chi connectivity index (χ1n) is 7.32. The number of hydrogen-bond donors (Lipinski definition) is 2. The summed E-state index contributed by atoms with van der Waals surface area (Å²) in [5.74, 6) is 0. The molecule has 116 valence electrons. The molecule has 0 saturated carbocycles. The van der Waals surface area contributed by atoms with Gasteiger partial charge in [-0.2, -0.15) is 0 Å². The van der Waals surface area contributed by atoms with Crippen molar-refractivity contribution in [3.05, 3.63) is 62.5 Å². The van der Waals surface area contributed by atoms with Crippen LogP contribution in [0.25, 0.3) is 0 Å². The molecule has 1 heterocycles. The van der Waals surface area contributed by atoms with Crippen LogP contribution in [-0.2, 0) is 18.6 Å². The van der Waals surface area contributed by atoms with Crippen LogP contribution in [0.2, 0.25) is 0 Å². The molecule has 3 rings (SSSR count). The van der Waals surface area contributed by atoms with E-state index in [1.54, 1.807) is 11.4 Å². The highest BCUT2D eigenvalue weighted by atomic mass is 32.1. The van der Waals surface area contributed by atoms with Crippen molar-refractivity contribution in [3.8, 4) is 0 Å². The van der Waals surface area contributed by atoms with Gasteiger partial charge in [0.25, 0.3) is 0 Å². The zero-order valence-electron chi connectivity index (χ0n) is 12.1. The molecule has 0 amide bonds. The molecule has 0 saturated heterocycles. The summed E-state index contributed by atoms with van der Waals surface area (Å²) in [5.41, 5.74) is 2.25. The monoisotopic (exact) mass is 318 g/mol. The summed E-state index contributed by atoms with van der Waals surface area (Å²) < 4.78 is 0. The molecule has 1 aliphatic rings. The molecule has 22 heavy (non-hydrogen) atoms. The maximum atomic E-state index is 10.9. The predicted molar refractivity (Wildman–Crippen MR) is 86.0 cm³/mol. The van der Waals surface area contributed by atoms with Gasteiger partial charge >= 0.3 is 5.00 Å². The van der Waals surface area contributed by atoms with Gasteiger partial charge in [-0.05, 0) is 36.0 Å². The van der Waals surface area contributed by atoms with E-state index in [9.17, 15) is 15.2 Å². The molecule has 0 aliphatic heterocycles. The number of nitro groups is 1. The van der Waals surface area contributed by atoms with Crippen molar-refractivity contribution < 1.29 is 10.0 Å². The highest BCUT2D eigenvalue weighted by Crippen LogP contribution is 2.34. The maximum Gasteiger partial charge on any atom is 0.324 e. The quantitative estimate of drug-likeness (QED) is 0.656. The number of benzene rings is 1. The van der Waals surface area contributed by atoms with Gasteiger partial charge in [0.05, 0.1) is 4.92 Å². The van der Waals surface area contributed by atoms with E-state index >= 15 is 0 Å². The summed E-state index contributed by atoms with van der Waals surface area (Å²) in [5, 5.41) is 26.8. The third-order valence-electron chi connectivity index (χ3n) is 4.12. The van der Waals surface area contributed by atoms with E-state index in [-0.39, 0.29) is 9.92 Å².